The maximum Gasteiger partial charge on any atom is 0.335 e. The van der Waals surface area contributed by atoms with Gasteiger partial charge in [0.2, 0.25) is 0 Å². The lowest BCUT2D eigenvalue weighted by atomic mass is 9.95. The van der Waals surface area contributed by atoms with Crippen molar-refractivity contribution in [1.29, 1.82) is 0 Å². The van der Waals surface area contributed by atoms with Gasteiger partial charge in [0, 0.05) is 13.2 Å². The van der Waals surface area contributed by atoms with E-state index in [1.54, 1.807) is 0 Å². The van der Waals surface area contributed by atoms with E-state index in [0.29, 0.717) is 45.4 Å². The summed E-state index contributed by atoms with van der Waals surface area (Å²) in [6.07, 6.45) is 4.00. The number of hydrogen-bond donors (Lipinski definition) is 1. The smallest absolute Gasteiger partial charge is 0.335 e. The second kappa shape index (κ2) is 10.2. The Morgan fingerprint density at radius 1 is 1.10 bits per heavy atom. The van der Waals surface area contributed by atoms with Gasteiger partial charge in [0.05, 0.1) is 30.9 Å². The first-order valence-corrected chi connectivity index (χ1v) is 11.2. The Labute approximate surface area is 183 Å². The predicted octanol–water partition coefficient (Wildman–Crippen LogP) is 5.04. The Hall–Kier alpha value is -2.57. The van der Waals surface area contributed by atoms with Crippen LogP contribution in [-0.4, -0.2) is 31.9 Å². The molecule has 0 radical (unpaired) electrons. The molecule has 0 amide bonds. The maximum absolute atomic E-state index is 12.3. The first-order valence-electron chi connectivity index (χ1n) is 11.2. The van der Waals surface area contributed by atoms with Crippen molar-refractivity contribution < 1.29 is 23.8 Å². The summed E-state index contributed by atoms with van der Waals surface area (Å²) < 4.78 is 17.1. The van der Waals surface area contributed by atoms with Gasteiger partial charge in [-0.05, 0) is 80.0 Å². The molecule has 2 fully saturated rings. The molecule has 2 aliphatic rings. The molecule has 2 aromatic carbocycles. The average molecular weight is 426 g/mol. The highest BCUT2D eigenvalue weighted by atomic mass is 16.7. The molecule has 2 aromatic rings. The number of benzene rings is 2. The van der Waals surface area contributed by atoms with Gasteiger partial charge in [-0.1, -0.05) is 18.2 Å². The van der Waals surface area contributed by atoms with Crippen LogP contribution in [0.5, 0.6) is 5.75 Å². The number of anilines is 1. The molecule has 166 valence electrons. The topological polar surface area (TPSA) is 66.0 Å². The molecule has 1 N–H and O–H groups in total. The van der Waals surface area contributed by atoms with Crippen molar-refractivity contribution in [2.45, 2.75) is 52.2 Å². The molecule has 1 heterocycles. The van der Waals surface area contributed by atoms with Crippen LogP contribution in [0.1, 0.15) is 43.7 Å². The Kier molecular flexibility index (Phi) is 7.10. The zero-order valence-electron chi connectivity index (χ0n) is 18.3. The van der Waals surface area contributed by atoms with E-state index in [1.807, 2.05) is 37.3 Å². The monoisotopic (exact) mass is 425 g/mol. The largest absolute Gasteiger partial charge is 0.494 e. The van der Waals surface area contributed by atoms with Crippen LogP contribution in [0.15, 0.2) is 36.4 Å². The minimum atomic E-state index is -0.233. The van der Waals surface area contributed by atoms with E-state index in [-0.39, 0.29) is 11.9 Å². The van der Waals surface area contributed by atoms with Crippen molar-refractivity contribution in [1.82, 2.24) is 0 Å². The van der Waals surface area contributed by atoms with Gasteiger partial charge in [0.15, 0.2) is 0 Å². The normalized spacial score (nSPS) is 16.7. The van der Waals surface area contributed by atoms with E-state index in [1.165, 1.54) is 0 Å². The Morgan fingerprint density at radius 2 is 1.90 bits per heavy atom. The summed E-state index contributed by atoms with van der Waals surface area (Å²) in [7, 11) is 0. The molecule has 31 heavy (non-hydrogen) atoms. The summed E-state index contributed by atoms with van der Waals surface area (Å²) in [5.41, 5.74) is 7.94. The molecule has 1 saturated carbocycles. The van der Waals surface area contributed by atoms with Gasteiger partial charge in [0.1, 0.15) is 5.75 Å². The fraction of sp³-hybridized carbons (Fsp3) is 0.480. The number of nitrogens with one attached hydrogen (secondary N) is 1. The molecule has 0 spiro atoms. The van der Waals surface area contributed by atoms with Crippen LogP contribution in [0.3, 0.4) is 0 Å². The Morgan fingerprint density at radius 3 is 2.65 bits per heavy atom. The third-order valence-corrected chi connectivity index (χ3v) is 5.80. The predicted molar refractivity (Wildman–Crippen MR) is 119 cm³/mol. The van der Waals surface area contributed by atoms with Crippen LogP contribution in [0.2, 0.25) is 0 Å². The van der Waals surface area contributed by atoms with Crippen LogP contribution < -0.4 is 10.2 Å². The number of rotatable bonds is 9. The average Bonchev–Trinajstić information content (AvgIpc) is 3.63. The van der Waals surface area contributed by atoms with Crippen molar-refractivity contribution >= 4 is 11.7 Å². The van der Waals surface area contributed by atoms with Gasteiger partial charge in [0.25, 0.3) is 0 Å². The SMILES string of the molecule is CCOc1cccc(-c2ccc(NOC(=O)C3CCOCC3)cc2COC2CC2)c1C. The van der Waals surface area contributed by atoms with E-state index in [2.05, 4.69) is 18.5 Å². The first-order chi connectivity index (χ1) is 15.2. The quantitative estimate of drug-likeness (QED) is 0.568. The fourth-order valence-corrected chi connectivity index (χ4v) is 3.83. The Bertz CT molecular complexity index is 903. The van der Waals surface area contributed by atoms with Gasteiger partial charge in [-0.25, -0.2) is 10.3 Å². The van der Waals surface area contributed by atoms with Gasteiger partial charge in [-0.2, -0.15) is 0 Å². The Balaban J connectivity index is 1.53. The van der Waals surface area contributed by atoms with Gasteiger partial charge >= 0.3 is 5.97 Å². The molecular weight excluding hydrogens is 394 g/mol. The van der Waals surface area contributed by atoms with E-state index in [4.69, 9.17) is 19.0 Å². The molecule has 1 aliphatic carbocycles. The lowest BCUT2D eigenvalue weighted by molar-refractivity contribution is -0.148. The minimum absolute atomic E-state index is 0.109. The third kappa shape index (κ3) is 5.57. The highest BCUT2D eigenvalue weighted by molar-refractivity contribution is 5.76. The van der Waals surface area contributed by atoms with Crippen molar-refractivity contribution in [2.24, 2.45) is 5.92 Å². The van der Waals surface area contributed by atoms with Gasteiger partial charge < -0.3 is 19.0 Å². The molecule has 6 nitrogen and oxygen atoms in total. The van der Waals surface area contributed by atoms with E-state index >= 15 is 0 Å². The lowest BCUT2D eigenvalue weighted by Gasteiger charge is -2.21. The second-order valence-corrected chi connectivity index (χ2v) is 8.15. The second-order valence-electron chi connectivity index (χ2n) is 8.15. The number of carbonyl (C=O) groups excluding carboxylic acids is 1. The highest BCUT2D eigenvalue weighted by Gasteiger charge is 2.24. The molecule has 0 bridgehead atoms. The van der Waals surface area contributed by atoms with Crippen LogP contribution in [0.25, 0.3) is 11.1 Å². The third-order valence-electron chi connectivity index (χ3n) is 5.80. The zero-order chi connectivity index (χ0) is 21.6. The van der Waals surface area contributed by atoms with Crippen LogP contribution in [0.4, 0.5) is 5.69 Å². The van der Waals surface area contributed by atoms with Crippen LogP contribution >= 0.6 is 0 Å². The van der Waals surface area contributed by atoms with Crippen molar-refractivity contribution in [3.63, 3.8) is 0 Å². The van der Waals surface area contributed by atoms with Gasteiger partial charge in [-0.3, -0.25) is 0 Å². The summed E-state index contributed by atoms with van der Waals surface area (Å²) in [5.74, 6) is 0.548. The standard InChI is InChI=1S/C25H31NO5/c1-3-29-24-6-4-5-22(17(24)2)23-10-7-20(15-19(23)16-30-21-8-9-21)26-31-25(27)18-11-13-28-14-12-18/h4-7,10,15,18,21,26H,3,8-9,11-14,16H2,1-2H3. The molecule has 0 aromatic heterocycles. The van der Waals surface area contributed by atoms with Gasteiger partial charge in [-0.15, -0.1) is 0 Å². The van der Waals surface area contributed by atoms with Crippen molar-refractivity contribution in [3.05, 3.63) is 47.5 Å². The fourth-order valence-electron chi connectivity index (χ4n) is 3.83. The maximum atomic E-state index is 12.3. The lowest BCUT2D eigenvalue weighted by Crippen LogP contribution is -2.26. The van der Waals surface area contributed by atoms with Crippen molar-refractivity contribution in [2.75, 3.05) is 25.3 Å². The van der Waals surface area contributed by atoms with Crippen LogP contribution in [0, 0.1) is 12.8 Å². The molecule has 1 aliphatic heterocycles. The number of ether oxygens (including phenoxy) is 3. The van der Waals surface area contributed by atoms with E-state index < -0.39 is 0 Å². The van der Waals surface area contributed by atoms with E-state index in [0.717, 1.165) is 46.5 Å². The molecule has 1 saturated heterocycles. The summed E-state index contributed by atoms with van der Waals surface area (Å²) in [6, 6.07) is 12.1. The molecule has 0 atom stereocenters. The summed E-state index contributed by atoms with van der Waals surface area (Å²) >= 11 is 0. The first kappa shape index (κ1) is 21.7. The molecule has 6 heteroatoms. The zero-order valence-corrected chi connectivity index (χ0v) is 18.3. The summed E-state index contributed by atoms with van der Waals surface area (Å²) in [6.45, 7) is 6.43. The van der Waals surface area contributed by atoms with E-state index in [9.17, 15) is 4.79 Å². The number of hydrogen-bond acceptors (Lipinski definition) is 6. The summed E-state index contributed by atoms with van der Waals surface area (Å²) in [4.78, 5) is 17.7. The number of carbonyl (C=O) groups is 1. The molecule has 0 unspecified atom stereocenters. The van der Waals surface area contributed by atoms with Crippen LogP contribution in [-0.2, 0) is 25.7 Å². The molecular formula is C25H31NO5. The molecule has 4 rings (SSSR count). The summed E-state index contributed by atoms with van der Waals surface area (Å²) in [5, 5.41) is 0. The minimum Gasteiger partial charge on any atom is -0.494 e. The highest BCUT2D eigenvalue weighted by Crippen LogP contribution is 2.35. The van der Waals surface area contributed by atoms with Crippen molar-refractivity contribution in [3.8, 4) is 16.9 Å².